The van der Waals surface area contributed by atoms with Crippen molar-refractivity contribution in [3.63, 3.8) is 0 Å². The van der Waals surface area contributed by atoms with Gasteiger partial charge in [0.1, 0.15) is 0 Å². The van der Waals surface area contributed by atoms with Crippen LogP contribution in [0.25, 0.3) is 0 Å². The minimum Gasteiger partial charge on any atom is -0.303 e. The Kier molecular flexibility index (Phi) is 4.19. The summed E-state index contributed by atoms with van der Waals surface area (Å²) in [6.07, 6.45) is 2.84. The fraction of sp³-hybridized carbons (Fsp3) is 1.00. The van der Waals surface area contributed by atoms with E-state index in [0.29, 0.717) is 17.5 Å². The van der Waals surface area contributed by atoms with Gasteiger partial charge in [-0.3, -0.25) is 0 Å². The minimum atomic E-state index is 0.609. The van der Waals surface area contributed by atoms with Crippen molar-refractivity contribution in [2.75, 3.05) is 27.2 Å². The van der Waals surface area contributed by atoms with Crippen LogP contribution >= 0.6 is 0 Å². The van der Waals surface area contributed by atoms with Crippen LogP contribution in [0.15, 0.2) is 0 Å². The molecule has 2 nitrogen and oxygen atoms in total. The Balaban J connectivity index is 2.40. The first-order valence-corrected chi connectivity index (χ1v) is 6.27. The van der Waals surface area contributed by atoms with Gasteiger partial charge in [-0.25, -0.2) is 0 Å². The average Bonchev–Trinajstić information content (AvgIpc) is 2.84. The lowest BCUT2D eigenvalue weighted by Crippen LogP contribution is -2.39. The van der Waals surface area contributed by atoms with Crippen LogP contribution < -0.4 is 0 Å². The molecule has 0 unspecified atom stereocenters. The van der Waals surface area contributed by atoms with E-state index in [2.05, 4.69) is 51.6 Å². The highest BCUT2D eigenvalue weighted by Gasteiger charge is 2.44. The molecule has 15 heavy (non-hydrogen) atoms. The summed E-state index contributed by atoms with van der Waals surface area (Å²) < 4.78 is 0. The highest BCUT2D eigenvalue weighted by Crippen LogP contribution is 2.47. The molecule has 0 aromatic heterocycles. The third-order valence-corrected chi connectivity index (χ3v) is 3.89. The fourth-order valence-corrected chi connectivity index (χ4v) is 1.97. The number of rotatable bonds is 6. The molecule has 0 spiro atoms. The Morgan fingerprint density at radius 2 is 1.20 bits per heavy atom. The van der Waals surface area contributed by atoms with Gasteiger partial charge in [0.2, 0.25) is 0 Å². The van der Waals surface area contributed by atoms with Crippen LogP contribution in [0.5, 0.6) is 0 Å². The fourth-order valence-electron chi connectivity index (χ4n) is 1.97. The maximum Gasteiger partial charge on any atom is 0.00499 e. The van der Waals surface area contributed by atoms with E-state index in [4.69, 9.17) is 0 Å². The van der Waals surface area contributed by atoms with Crippen LogP contribution in [0.1, 0.15) is 40.5 Å². The van der Waals surface area contributed by atoms with Crippen LogP contribution in [0, 0.1) is 5.41 Å². The number of hydrogen-bond acceptors (Lipinski definition) is 2. The molecule has 0 aromatic carbocycles. The van der Waals surface area contributed by atoms with Gasteiger partial charge in [0.25, 0.3) is 0 Å². The lowest BCUT2D eigenvalue weighted by molar-refractivity contribution is 0.160. The van der Waals surface area contributed by atoms with Gasteiger partial charge in [-0.2, -0.15) is 0 Å². The van der Waals surface area contributed by atoms with Crippen molar-refractivity contribution >= 4 is 0 Å². The van der Waals surface area contributed by atoms with Gasteiger partial charge < -0.3 is 9.80 Å². The van der Waals surface area contributed by atoms with Gasteiger partial charge in [-0.15, -0.1) is 0 Å². The van der Waals surface area contributed by atoms with Crippen molar-refractivity contribution < 1.29 is 0 Å². The Bertz CT molecular complexity index is 177. The van der Waals surface area contributed by atoms with Crippen molar-refractivity contribution in [1.82, 2.24) is 9.80 Å². The molecule has 0 heterocycles. The summed E-state index contributed by atoms with van der Waals surface area (Å²) >= 11 is 0. The molecule has 0 aromatic rings. The van der Waals surface area contributed by atoms with E-state index in [1.165, 1.54) is 25.9 Å². The molecule has 0 bridgehead atoms. The molecule has 0 aliphatic heterocycles. The Labute approximate surface area is 95.6 Å². The highest BCUT2D eigenvalue weighted by atomic mass is 15.2. The monoisotopic (exact) mass is 212 g/mol. The summed E-state index contributed by atoms with van der Waals surface area (Å²) in [6.45, 7) is 11.7. The molecular formula is C13H28N2. The van der Waals surface area contributed by atoms with Gasteiger partial charge in [0.15, 0.2) is 0 Å². The summed E-state index contributed by atoms with van der Waals surface area (Å²) in [4.78, 5) is 4.97. The minimum absolute atomic E-state index is 0.609. The first-order valence-electron chi connectivity index (χ1n) is 6.27. The molecule has 1 rings (SSSR count). The summed E-state index contributed by atoms with van der Waals surface area (Å²) in [5.74, 6) is 0. The van der Waals surface area contributed by atoms with E-state index in [0.717, 1.165) is 0 Å². The smallest absolute Gasteiger partial charge is 0.00499 e. The lowest BCUT2D eigenvalue weighted by atomic mass is 10.0. The zero-order valence-corrected chi connectivity index (χ0v) is 11.4. The zero-order chi connectivity index (χ0) is 11.6. The summed E-state index contributed by atoms with van der Waals surface area (Å²) in [6, 6.07) is 1.35. The number of nitrogens with zero attached hydrogens (tertiary/aromatic N) is 2. The van der Waals surface area contributed by atoms with E-state index in [1.54, 1.807) is 0 Å². The maximum absolute atomic E-state index is 2.49. The van der Waals surface area contributed by atoms with Gasteiger partial charge in [0, 0.05) is 25.2 Å². The maximum atomic E-state index is 2.49. The normalized spacial score (nSPS) is 19.6. The summed E-state index contributed by atoms with van der Waals surface area (Å²) in [5, 5.41) is 0. The topological polar surface area (TPSA) is 6.48 Å². The Hall–Kier alpha value is -0.0800. The molecular weight excluding hydrogens is 184 g/mol. The molecule has 2 heteroatoms. The first kappa shape index (κ1) is 13.0. The van der Waals surface area contributed by atoms with Crippen LogP contribution in [-0.2, 0) is 0 Å². The standard InChI is InChI=1S/C13H28N2/c1-11(2)14(5)9-13(7-8-13)10-15(6)12(3)4/h11-12H,7-10H2,1-6H3. The van der Waals surface area contributed by atoms with E-state index < -0.39 is 0 Å². The number of hydrogen-bond donors (Lipinski definition) is 0. The van der Waals surface area contributed by atoms with Crippen molar-refractivity contribution in [3.05, 3.63) is 0 Å². The highest BCUT2D eigenvalue weighted by molar-refractivity contribution is 4.97. The van der Waals surface area contributed by atoms with Crippen LogP contribution in [0.3, 0.4) is 0 Å². The molecule has 0 amide bonds. The van der Waals surface area contributed by atoms with Crippen LogP contribution in [-0.4, -0.2) is 49.1 Å². The molecule has 1 aliphatic rings. The summed E-state index contributed by atoms with van der Waals surface area (Å²) in [7, 11) is 4.50. The molecule has 1 saturated carbocycles. The second kappa shape index (κ2) is 4.84. The molecule has 1 aliphatic carbocycles. The molecule has 0 N–H and O–H groups in total. The van der Waals surface area contributed by atoms with Crippen molar-refractivity contribution in [2.24, 2.45) is 5.41 Å². The predicted octanol–water partition coefficient (Wildman–Crippen LogP) is 2.45. The van der Waals surface area contributed by atoms with Gasteiger partial charge in [-0.1, -0.05) is 0 Å². The third-order valence-electron chi connectivity index (χ3n) is 3.89. The van der Waals surface area contributed by atoms with E-state index >= 15 is 0 Å². The van der Waals surface area contributed by atoms with Crippen LogP contribution in [0.2, 0.25) is 0 Å². The van der Waals surface area contributed by atoms with E-state index in [1.807, 2.05) is 0 Å². The lowest BCUT2D eigenvalue weighted by Gasteiger charge is -2.31. The Morgan fingerprint density at radius 1 is 0.867 bits per heavy atom. The first-order chi connectivity index (χ1) is 6.86. The largest absolute Gasteiger partial charge is 0.303 e. The predicted molar refractivity (Wildman–Crippen MR) is 67.2 cm³/mol. The average molecular weight is 212 g/mol. The van der Waals surface area contributed by atoms with Gasteiger partial charge in [0.05, 0.1) is 0 Å². The van der Waals surface area contributed by atoms with Crippen molar-refractivity contribution in [2.45, 2.75) is 52.6 Å². The molecule has 0 atom stereocenters. The van der Waals surface area contributed by atoms with E-state index in [9.17, 15) is 0 Å². The van der Waals surface area contributed by atoms with Gasteiger partial charge in [-0.05, 0) is 60.0 Å². The Morgan fingerprint density at radius 3 is 1.40 bits per heavy atom. The van der Waals surface area contributed by atoms with Crippen LogP contribution in [0.4, 0.5) is 0 Å². The van der Waals surface area contributed by atoms with Gasteiger partial charge >= 0.3 is 0 Å². The van der Waals surface area contributed by atoms with Crippen molar-refractivity contribution in [1.29, 1.82) is 0 Å². The molecule has 1 fully saturated rings. The second-order valence-corrected chi connectivity index (χ2v) is 6.02. The molecule has 0 radical (unpaired) electrons. The second-order valence-electron chi connectivity index (χ2n) is 6.02. The zero-order valence-electron chi connectivity index (χ0n) is 11.4. The quantitative estimate of drug-likeness (QED) is 0.667. The van der Waals surface area contributed by atoms with Crippen molar-refractivity contribution in [3.8, 4) is 0 Å². The molecule has 90 valence electrons. The summed E-state index contributed by atoms with van der Waals surface area (Å²) in [5.41, 5.74) is 0.609. The SMILES string of the molecule is CC(C)N(C)CC1(CN(C)C(C)C)CC1. The van der Waals surface area contributed by atoms with E-state index in [-0.39, 0.29) is 0 Å². The molecule has 0 saturated heterocycles. The third kappa shape index (κ3) is 3.76.